The molecule has 1 aromatic heterocycles. The summed E-state index contributed by atoms with van der Waals surface area (Å²) in [6.45, 7) is 1.32. The largest absolute Gasteiger partial charge is 0.488 e. The molecule has 0 fully saturated rings. The molecule has 0 N–H and O–H groups in total. The molecular weight excluding hydrogens is 512 g/mol. The highest BCUT2D eigenvalue weighted by Crippen LogP contribution is 2.43. The summed E-state index contributed by atoms with van der Waals surface area (Å²) in [7, 11) is 0. The van der Waals surface area contributed by atoms with Gasteiger partial charge in [0.05, 0.1) is 23.4 Å². The van der Waals surface area contributed by atoms with Crippen LogP contribution in [-0.2, 0) is 23.7 Å². The van der Waals surface area contributed by atoms with Gasteiger partial charge >= 0.3 is 18.3 Å². The van der Waals surface area contributed by atoms with Crippen LogP contribution in [0.15, 0.2) is 60.7 Å². The van der Waals surface area contributed by atoms with E-state index < -0.39 is 41.6 Å². The van der Waals surface area contributed by atoms with Crippen LogP contribution >= 0.6 is 0 Å². The Morgan fingerprint density at radius 3 is 2.34 bits per heavy atom. The lowest BCUT2D eigenvalue weighted by molar-refractivity contribution is -0.143. The number of hydrogen-bond donors (Lipinski definition) is 0. The highest BCUT2D eigenvalue weighted by atomic mass is 19.4. The molecule has 3 aromatic rings. The van der Waals surface area contributed by atoms with E-state index in [0.717, 1.165) is 23.6 Å². The van der Waals surface area contributed by atoms with Gasteiger partial charge in [0, 0.05) is 11.1 Å². The van der Waals surface area contributed by atoms with E-state index in [1.54, 1.807) is 49.4 Å². The molecule has 0 aliphatic heterocycles. The molecule has 1 aliphatic carbocycles. The normalized spacial score (nSPS) is 14.1. The van der Waals surface area contributed by atoms with Gasteiger partial charge in [-0.3, -0.25) is 0 Å². The predicted molar refractivity (Wildman–Crippen MR) is 128 cm³/mol. The van der Waals surface area contributed by atoms with Crippen molar-refractivity contribution in [2.24, 2.45) is 0 Å². The average Bonchev–Trinajstić information content (AvgIpc) is 3.36. The summed E-state index contributed by atoms with van der Waals surface area (Å²) in [5.74, 6) is -0.258. The Morgan fingerprint density at radius 2 is 1.63 bits per heavy atom. The SMILES string of the molecule is CCOC(=O)c1cccc(C2=C(c3ccccc3OCc3ccc(C(F)(F)F)cc3C(F)(F)F)CCC2)n1. The third kappa shape index (κ3) is 6.00. The van der Waals surface area contributed by atoms with Gasteiger partial charge in [-0.25, -0.2) is 9.78 Å². The fourth-order valence-electron chi connectivity index (χ4n) is 4.38. The number of nitrogens with zero attached hydrogens (tertiary/aromatic N) is 1. The summed E-state index contributed by atoms with van der Waals surface area (Å²) < 4.78 is 90.6. The van der Waals surface area contributed by atoms with Crippen LogP contribution in [0.4, 0.5) is 26.3 Å². The number of aromatic nitrogens is 1. The van der Waals surface area contributed by atoms with Crippen molar-refractivity contribution in [2.75, 3.05) is 6.61 Å². The van der Waals surface area contributed by atoms with Gasteiger partial charge in [-0.15, -0.1) is 0 Å². The molecule has 200 valence electrons. The van der Waals surface area contributed by atoms with E-state index in [-0.39, 0.29) is 24.1 Å². The molecule has 4 nitrogen and oxygen atoms in total. The number of alkyl halides is 6. The second-order valence-corrected chi connectivity index (χ2v) is 8.59. The predicted octanol–water partition coefficient (Wildman–Crippen LogP) is 7.97. The molecule has 0 amide bonds. The zero-order valence-electron chi connectivity index (χ0n) is 20.2. The third-order valence-corrected chi connectivity index (χ3v) is 6.10. The molecule has 0 bridgehead atoms. The zero-order valence-corrected chi connectivity index (χ0v) is 20.2. The van der Waals surface area contributed by atoms with Gasteiger partial charge in [0.15, 0.2) is 0 Å². The number of allylic oxidation sites excluding steroid dienone is 2. The van der Waals surface area contributed by atoms with Crippen LogP contribution in [0.2, 0.25) is 0 Å². The monoisotopic (exact) mass is 535 g/mol. The minimum atomic E-state index is -4.99. The third-order valence-electron chi connectivity index (χ3n) is 6.10. The minimum absolute atomic E-state index is 0.102. The zero-order chi connectivity index (χ0) is 27.5. The molecule has 0 saturated carbocycles. The van der Waals surface area contributed by atoms with Crippen molar-refractivity contribution in [1.82, 2.24) is 4.98 Å². The Kier molecular flexibility index (Phi) is 7.80. The Labute approximate surface area is 214 Å². The number of para-hydroxylation sites is 1. The van der Waals surface area contributed by atoms with Crippen LogP contribution in [0.1, 0.15) is 64.6 Å². The number of rotatable bonds is 7. The van der Waals surface area contributed by atoms with Crippen molar-refractivity contribution >= 4 is 17.1 Å². The molecule has 1 aliphatic rings. The fraction of sp³-hybridized carbons (Fsp3) is 0.286. The summed E-state index contributed by atoms with van der Waals surface area (Å²) in [4.78, 5) is 16.6. The number of carbonyl (C=O) groups is 1. The first-order valence-electron chi connectivity index (χ1n) is 11.8. The highest BCUT2D eigenvalue weighted by Gasteiger charge is 2.38. The molecule has 38 heavy (non-hydrogen) atoms. The number of pyridine rings is 1. The van der Waals surface area contributed by atoms with Crippen molar-refractivity contribution in [1.29, 1.82) is 0 Å². The Balaban J connectivity index is 1.67. The van der Waals surface area contributed by atoms with Crippen molar-refractivity contribution in [3.05, 3.63) is 94.3 Å². The van der Waals surface area contributed by atoms with Gasteiger partial charge in [0.25, 0.3) is 0 Å². The average molecular weight is 535 g/mol. The molecular formula is C28H23F6NO3. The second kappa shape index (κ2) is 10.9. The summed E-state index contributed by atoms with van der Waals surface area (Å²) >= 11 is 0. The van der Waals surface area contributed by atoms with E-state index in [0.29, 0.717) is 30.2 Å². The molecule has 0 unspecified atom stereocenters. The number of ether oxygens (including phenoxy) is 2. The number of carbonyl (C=O) groups excluding carboxylic acids is 1. The summed E-state index contributed by atoms with van der Waals surface area (Å²) in [5.41, 5.74) is -0.0590. The van der Waals surface area contributed by atoms with Gasteiger partial charge in [-0.2, -0.15) is 26.3 Å². The Morgan fingerprint density at radius 1 is 0.895 bits per heavy atom. The van der Waals surface area contributed by atoms with Crippen molar-refractivity contribution in [3.63, 3.8) is 0 Å². The van der Waals surface area contributed by atoms with E-state index in [1.807, 2.05) is 0 Å². The van der Waals surface area contributed by atoms with Crippen LogP contribution in [0.3, 0.4) is 0 Å². The lowest BCUT2D eigenvalue weighted by Crippen LogP contribution is -2.14. The maximum Gasteiger partial charge on any atom is 0.416 e. The lowest BCUT2D eigenvalue weighted by atomic mass is 9.98. The smallest absolute Gasteiger partial charge is 0.416 e. The van der Waals surface area contributed by atoms with Crippen LogP contribution in [0.5, 0.6) is 5.75 Å². The Bertz CT molecular complexity index is 1360. The minimum Gasteiger partial charge on any atom is -0.488 e. The summed E-state index contributed by atoms with van der Waals surface area (Å²) in [5, 5.41) is 0. The van der Waals surface area contributed by atoms with Gasteiger partial charge < -0.3 is 9.47 Å². The van der Waals surface area contributed by atoms with Gasteiger partial charge in [-0.05, 0) is 67.7 Å². The van der Waals surface area contributed by atoms with E-state index in [9.17, 15) is 31.1 Å². The fourth-order valence-corrected chi connectivity index (χ4v) is 4.38. The van der Waals surface area contributed by atoms with Crippen molar-refractivity contribution in [2.45, 2.75) is 45.1 Å². The van der Waals surface area contributed by atoms with E-state index in [1.165, 1.54) is 0 Å². The number of esters is 1. The topological polar surface area (TPSA) is 48.4 Å². The van der Waals surface area contributed by atoms with Crippen molar-refractivity contribution in [3.8, 4) is 5.75 Å². The standard InChI is InChI=1S/C28H23F6NO3/c1-2-37-26(36)24-11-6-10-23(35-24)20-9-5-8-19(20)21-7-3-4-12-25(21)38-16-17-13-14-18(27(29,30)31)15-22(17)28(32,33)34/h3-4,6-7,10-15H,2,5,8-9,16H2,1H3. The number of benzene rings is 2. The molecule has 0 saturated heterocycles. The van der Waals surface area contributed by atoms with E-state index >= 15 is 0 Å². The Hall–Kier alpha value is -3.82. The van der Waals surface area contributed by atoms with Gasteiger partial charge in [0.1, 0.15) is 18.1 Å². The van der Waals surface area contributed by atoms with Gasteiger partial charge in [-0.1, -0.05) is 30.3 Å². The lowest BCUT2D eigenvalue weighted by Gasteiger charge is -2.18. The molecule has 0 radical (unpaired) electrons. The maximum absolute atomic E-state index is 13.6. The molecule has 0 spiro atoms. The van der Waals surface area contributed by atoms with Crippen LogP contribution in [0, 0.1) is 0 Å². The summed E-state index contributed by atoms with van der Waals surface area (Å²) in [6.07, 6.45) is -7.79. The highest BCUT2D eigenvalue weighted by molar-refractivity contribution is 5.94. The van der Waals surface area contributed by atoms with Crippen LogP contribution in [-0.4, -0.2) is 17.6 Å². The number of halogens is 6. The maximum atomic E-state index is 13.6. The molecule has 4 rings (SSSR count). The molecule has 0 atom stereocenters. The summed E-state index contributed by atoms with van der Waals surface area (Å²) in [6, 6.07) is 13.3. The van der Waals surface area contributed by atoms with E-state index in [4.69, 9.17) is 9.47 Å². The quantitative estimate of drug-likeness (QED) is 0.227. The molecule has 10 heteroatoms. The van der Waals surface area contributed by atoms with Gasteiger partial charge in [0.2, 0.25) is 0 Å². The first-order valence-corrected chi connectivity index (χ1v) is 11.8. The van der Waals surface area contributed by atoms with E-state index in [2.05, 4.69) is 4.98 Å². The first kappa shape index (κ1) is 27.2. The second-order valence-electron chi connectivity index (χ2n) is 8.59. The van der Waals surface area contributed by atoms with Crippen LogP contribution < -0.4 is 4.74 Å². The first-order chi connectivity index (χ1) is 18.0. The van der Waals surface area contributed by atoms with Crippen LogP contribution in [0.25, 0.3) is 11.1 Å². The molecule has 2 aromatic carbocycles. The van der Waals surface area contributed by atoms with Crippen molar-refractivity contribution < 1.29 is 40.6 Å². The number of hydrogen-bond acceptors (Lipinski definition) is 4. The molecule has 1 heterocycles.